The van der Waals surface area contributed by atoms with Crippen LogP contribution < -0.4 is 5.32 Å². The van der Waals surface area contributed by atoms with Crippen molar-refractivity contribution < 1.29 is 5.11 Å². The lowest BCUT2D eigenvalue weighted by Crippen LogP contribution is -2.07. The highest BCUT2D eigenvalue weighted by Crippen LogP contribution is 2.25. The number of hydrogen-bond acceptors (Lipinski definition) is 2. The smallest absolute Gasteiger partial charge is 0.138 e. The predicted molar refractivity (Wildman–Crippen MR) is 135 cm³/mol. The minimum Gasteiger partial charge on any atom is -0.506 e. The fraction of sp³-hybridized carbons (Fsp3) is 0.786. The van der Waals surface area contributed by atoms with Gasteiger partial charge in [0.15, 0.2) is 0 Å². The molecule has 174 valence electrons. The zero-order valence-corrected chi connectivity index (χ0v) is 20.3. The molecule has 2 N–H and O–H groups in total. The summed E-state index contributed by atoms with van der Waals surface area (Å²) in [4.78, 5) is 0. The van der Waals surface area contributed by atoms with Crippen molar-refractivity contribution in [3.8, 4) is 5.75 Å². The topological polar surface area (TPSA) is 32.3 Å². The summed E-state index contributed by atoms with van der Waals surface area (Å²) in [5.41, 5.74) is 0.867. The highest BCUT2D eigenvalue weighted by atomic mass is 16.3. The van der Waals surface area contributed by atoms with E-state index in [0.717, 1.165) is 18.2 Å². The molecule has 0 spiro atoms. The Morgan fingerprint density at radius 2 is 1.10 bits per heavy atom. The summed E-state index contributed by atoms with van der Waals surface area (Å²) in [6.45, 7) is 5.55. The maximum atomic E-state index is 9.88. The average molecular weight is 418 g/mol. The molecule has 1 unspecified atom stereocenters. The van der Waals surface area contributed by atoms with Crippen LogP contribution in [-0.4, -0.2) is 11.7 Å². The van der Waals surface area contributed by atoms with E-state index in [2.05, 4.69) is 19.2 Å². The Kier molecular flexibility index (Phi) is 17.7. The van der Waals surface area contributed by atoms with Crippen LogP contribution in [0.15, 0.2) is 24.3 Å². The molecular weight excluding hydrogens is 366 g/mol. The van der Waals surface area contributed by atoms with Crippen molar-refractivity contribution in [1.82, 2.24) is 0 Å². The molecule has 0 aliphatic rings. The third-order valence-electron chi connectivity index (χ3n) is 6.44. The van der Waals surface area contributed by atoms with Crippen LogP contribution in [0.4, 0.5) is 5.69 Å². The number of benzene rings is 1. The number of hydrogen-bond donors (Lipinski definition) is 2. The van der Waals surface area contributed by atoms with E-state index in [1.54, 1.807) is 6.07 Å². The van der Waals surface area contributed by atoms with Gasteiger partial charge in [-0.25, -0.2) is 0 Å². The lowest BCUT2D eigenvalue weighted by molar-refractivity contribution is 0.376. The lowest BCUT2D eigenvalue weighted by atomic mass is 9.90. The van der Waals surface area contributed by atoms with Gasteiger partial charge >= 0.3 is 0 Å². The third kappa shape index (κ3) is 14.7. The Bertz CT molecular complexity index is 487. The fourth-order valence-electron chi connectivity index (χ4n) is 4.45. The van der Waals surface area contributed by atoms with Crippen molar-refractivity contribution in [2.45, 2.75) is 129 Å². The number of anilines is 1. The quantitative estimate of drug-likeness (QED) is 0.154. The molecule has 1 rings (SSSR count). The molecule has 1 atom stereocenters. The monoisotopic (exact) mass is 417 g/mol. The fourth-order valence-corrected chi connectivity index (χ4v) is 4.45. The first-order valence-corrected chi connectivity index (χ1v) is 13.3. The van der Waals surface area contributed by atoms with Crippen molar-refractivity contribution >= 4 is 5.69 Å². The summed E-state index contributed by atoms with van der Waals surface area (Å²) in [5, 5.41) is 13.3. The summed E-state index contributed by atoms with van der Waals surface area (Å²) in [6, 6.07) is 7.56. The summed E-state index contributed by atoms with van der Waals surface area (Å²) >= 11 is 0. The van der Waals surface area contributed by atoms with Crippen LogP contribution in [0.5, 0.6) is 5.75 Å². The van der Waals surface area contributed by atoms with E-state index in [4.69, 9.17) is 0 Å². The minimum atomic E-state index is 0.360. The summed E-state index contributed by atoms with van der Waals surface area (Å²) in [5.74, 6) is 1.25. The first-order valence-electron chi connectivity index (χ1n) is 13.3. The molecule has 0 bridgehead atoms. The third-order valence-corrected chi connectivity index (χ3v) is 6.44. The van der Waals surface area contributed by atoms with Gasteiger partial charge in [-0.05, 0) is 30.9 Å². The van der Waals surface area contributed by atoms with Gasteiger partial charge in [-0.15, -0.1) is 0 Å². The van der Waals surface area contributed by atoms with Crippen LogP contribution in [0, 0.1) is 5.92 Å². The Morgan fingerprint density at radius 1 is 0.633 bits per heavy atom. The molecule has 0 radical (unpaired) electrons. The largest absolute Gasteiger partial charge is 0.506 e. The molecule has 0 aliphatic carbocycles. The number of nitrogens with one attached hydrogen (secondary N) is 1. The first kappa shape index (κ1) is 26.9. The Morgan fingerprint density at radius 3 is 1.67 bits per heavy atom. The zero-order valence-electron chi connectivity index (χ0n) is 20.3. The molecule has 0 fully saturated rings. The normalized spacial score (nSPS) is 12.2. The van der Waals surface area contributed by atoms with Gasteiger partial charge in [0.1, 0.15) is 5.75 Å². The second-order valence-electron chi connectivity index (χ2n) is 9.27. The molecule has 0 saturated carbocycles. The predicted octanol–water partition coefficient (Wildman–Crippen LogP) is 9.48. The van der Waals surface area contributed by atoms with Crippen LogP contribution in [0.3, 0.4) is 0 Å². The van der Waals surface area contributed by atoms with Crippen LogP contribution in [0.2, 0.25) is 0 Å². The number of unbranched alkanes of at least 4 members (excludes halogenated alkanes) is 12. The average Bonchev–Trinajstić information content (AvgIpc) is 2.76. The molecule has 0 aliphatic heterocycles. The van der Waals surface area contributed by atoms with E-state index in [9.17, 15) is 5.11 Å². The number of para-hydroxylation sites is 2. The molecule has 0 saturated heterocycles. The molecular formula is C28H51NO. The Labute approximate surface area is 188 Å². The van der Waals surface area contributed by atoms with E-state index in [-0.39, 0.29) is 0 Å². The molecule has 2 heteroatoms. The van der Waals surface area contributed by atoms with Gasteiger partial charge in [0.2, 0.25) is 0 Å². The number of phenolic OH excluding ortho intramolecular Hbond substituents is 1. The minimum absolute atomic E-state index is 0.360. The van der Waals surface area contributed by atoms with Crippen molar-refractivity contribution in [3.63, 3.8) is 0 Å². The van der Waals surface area contributed by atoms with E-state index in [1.807, 2.05) is 18.2 Å². The second kappa shape index (κ2) is 19.8. The van der Waals surface area contributed by atoms with Crippen LogP contribution in [0.25, 0.3) is 0 Å². The highest BCUT2D eigenvalue weighted by Gasteiger charge is 2.09. The van der Waals surface area contributed by atoms with Crippen molar-refractivity contribution in [3.05, 3.63) is 24.3 Å². The number of aromatic hydroxyl groups is 1. The van der Waals surface area contributed by atoms with Gasteiger partial charge in [0.05, 0.1) is 5.69 Å². The Hall–Kier alpha value is -1.18. The van der Waals surface area contributed by atoms with Gasteiger partial charge in [-0.1, -0.05) is 129 Å². The van der Waals surface area contributed by atoms with Crippen LogP contribution >= 0.6 is 0 Å². The van der Waals surface area contributed by atoms with Gasteiger partial charge in [-0.2, -0.15) is 0 Å². The maximum absolute atomic E-state index is 9.88. The molecule has 30 heavy (non-hydrogen) atoms. The van der Waals surface area contributed by atoms with Crippen molar-refractivity contribution in [2.24, 2.45) is 5.92 Å². The lowest BCUT2D eigenvalue weighted by Gasteiger charge is -2.17. The Balaban J connectivity index is 2.14. The van der Waals surface area contributed by atoms with Gasteiger partial charge in [-0.3, -0.25) is 0 Å². The number of phenols is 1. The zero-order chi connectivity index (χ0) is 21.7. The molecule has 2 nitrogen and oxygen atoms in total. The second-order valence-corrected chi connectivity index (χ2v) is 9.27. The molecule has 1 aromatic rings. The highest BCUT2D eigenvalue weighted by molar-refractivity contribution is 5.54. The maximum Gasteiger partial charge on any atom is 0.138 e. The summed E-state index contributed by atoms with van der Waals surface area (Å²) < 4.78 is 0. The van der Waals surface area contributed by atoms with Gasteiger partial charge in [0.25, 0.3) is 0 Å². The van der Waals surface area contributed by atoms with Crippen molar-refractivity contribution in [2.75, 3.05) is 11.9 Å². The van der Waals surface area contributed by atoms with Crippen LogP contribution in [-0.2, 0) is 0 Å². The summed E-state index contributed by atoms with van der Waals surface area (Å²) in [6.07, 6.45) is 25.1. The van der Waals surface area contributed by atoms with E-state index in [0.29, 0.717) is 5.75 Å². The molecule has 0 amide bonds. The van der Waals surface area contributed by atoms with E-state index in [1.165, 1.54) is 116 Å². The van der Waals surface area contributed by atoms with E-state index < -0.39 is 0 Å². The molecule has 1 aromatic carbocycles. The first-order chi connectivity index (χ1) is 14.8. The van der Waals surface area contributed by atoms with E-state index >= 15 is 0 Å². The van der Waals surface area contributed by atoms with Crippen LogP contribution in [0.1, 0.15) is 129 Å². The van der Waals surface area contributed by atoms with Crippen molar-refractivity contribution in [1.29, 1.82) is 0 Å². The summed E-state index contributed by atoms with van der Waals surface area (Å²) in [7, 11) is 0. The molecule has 0 heterocycles. The van der Waals surface area contributed by atoms with Gasteiger partial charge < -0.3 is 10.4 Å². The number of rotatable bonds is 21. The standard InChI is InChI=1S/C28H51NO/c1-3-5-7-9-10-11-12-13-14-16-21-26(20-15-8-6-4-2)22-19-25-29-27-23-17-18-24-28(27)30/h17-18,23-24,26,29-30H,3-16,19-22,25H2,1-2H3. The van der Waals surface area contributed by atoms with Gasteiger partial charge in [0, 0.05) is 6.54 Å². The SMILES string of the molecule is CCCCCCCCCCCCC(CCCCCC)CCCNc1ccccc1O. The molecule has 0 aromatic heterocycles.